The van der Waals surface area contributed by atoms with Gasteiger partial charge in [0.25, 0.3) is 0 Å². The van der Waals surface area contributed by atoms with Crippen LogP contribution in [-0.4, -0.2) is 54.4 Å². The van der Waals surface area contributed by atoms with E-state index in [-0.39, 0.29) is 22.2 Å². The Kier molecular flexibility index (Phi) is 7.08. The first-order chi connectivity index (χ1) is 15.1. The molecule has 0 aliphatic carbocycles. The maximum atomic E-state index is 13.1. The topological polar surface area (TPSA) is 145 Å². The number of nitrogens with one attached hydrogen (secondary N) is 1. The van der Waals surface area contributed by atoms with Crippen molar-refractivity contribution < 1.29 is 31.1 Å². The summed E-state index contributed by atoms with van der Waals surface area (Å²) in [5.41, 5.74) is 0.391. The van der Waals surface area contributed by atoms with Crippen molar-refractivity contribution in [3.63, 3.8) is 0 Å². The van der Waals surface area contributed by atoms with E-state index < -0.39 is 26.0 Å². The molecule has 10 nitrogen and oxygen atoms in total. The first-order valence-corrected chi connectivity index (χ1v) is 12.7. The summed E-state index contributed by atoms with van der Waals surface area (Å²) in [6.45, 7) is 0.321. The van der Waals surface area contributed by atoms with Crippen molar-refractivity contribution >= 4 is 31.6 Å². The Morgan fingerprint density at radius 2 is 1.62 bits per heavy atom. The average molecular weight is 484 g/mol. The van der Waals surface area contributed by atoms with Crippen molar-refractivity contribution in [2.45, 2.75) is 22.6 Å². The maximum absolute atomic E-state index is 13.1. The quantitative estimate of drug-likeness (QED) is 0.605. The number of nitrogens with zero attached hydrogens (tertiary/aromatic N) is 1. The van der Waals surface area contributed by atoms with Crippen LogP contribution in [0.5, 0.6) is 11.5 Å². The monoisotopic (exact) mass is 483 g/mol. The van der Waals surface area contributed by atoms with Crippen molar-refractivity contribution in [1.82, 2.24) is 4.31 Å². The zero-order valence-electron chi connectivity index (χ0n) is 17.6. The summed E-state index contributed by atoms with van der Waals surface area (Å²) < 4.78 is 60.6. The zero-order valence-corrected chi connectivity index (χ0v) is 19.3. The second-order valence-electron chi connectivity index (χ2n) is 7.28. The van der Waals surface area contributed by atoms with Gasteiger partial charge in [-0.2, -0.15) is 4.31 Å². The molecule has 174 valence electrons. The maximum Gasteiger partial charge on any atom is 0.243 e. The van der Waals surface area contributed by atoms with Crippen LogP contribution in [0, 0.1) is 5.92 Å². The molecule has 0 aromatic heterocycles. The number of carbonyl (C=O) groups excluding carboxylic acids is 1. The van der Waals surface area contributed by atoms with Gasteiger partial charge in [-0.1, -0.05) is 0 Å². The van der Waals surface area contributed by atoms with Gasteiger partial charge in [0.15, 0.2) is 11.5 Å². The Labute approximate surface area is 187 Å². The van der Waals surface area contributed by atoms with Gasteiger partial charge in [0.2, 0.25) is 26.0 Å². The Balaban J connectivity index is 1.73. The number of sulfonamides is 2. The lowest BCUT2D eigenvalue weighted by Gasteiger charge is -2.31. The number of methoxy groups -OCH3 is 2. The van der Waals surface area contributed by atoms with Gasteiger partial charge in [-0.25, -0.2) is 22.0 Å². The van der Waals surface area contributed by atoms with Gasteiger partial charge in [0.1, 0.15) is 0 Å². The normalized spacial score (nSPS) is 17.5. The van der Waals surface area contributed by atoms with Crippen LogP contribution in [0.3, 0.4) is 0 Å². The minimum Gasteiger partial charge on any atom is -0.493 e. The zero-order chi connectivity index (χ0) is 23.5. The van der Waals surface area contributed by atoms with Crippen LogP contribution in [-0.2, 0) is 24.8 Å². The van der Waals surface area contributed by atoms with E-state index >= 15 is 0 Å². The number of anilines is 1. The first kappa shape index (κ1) is 24.0. The number of piperidine rings is 1. The highest BCUT2D eigenvalue weighted by atomic mass is 32.2. The van der Waals surface area contributed by atoms with Crippen LogP contribution in [0.1, 0.15) is 12.8 Å². The van der Waals surface area contributed by atoms with Crippen LogP contribution in [0.25, 0.3) is 0 Å². The third-order valence-corrected chi connectivity index (χ3v) is 7.99. The lowest BCUT2D eigenvalue weighted by atomic mass is 9.99. The smallest absolute Gasteiger partial charge is 0.243 e. The summed E-state index contributed by atoms with van der Waals surface area (Å²) in [6, 6.07) is 9.79. The predicted molar refractivity (Wildman–Crippen MR) is 117 cm³/mol. The molecule has 1 fully saturated rings. The molecule has 1 amide bonds. The van der Waals surface area contributed by atoms with Crippen LogP contribution < -0.4 is 19.9 Å². The highest BCUT2D eigenvalue weighted by molar-refractivity contribution is 7.89. The second-order valence-corrected chi connectivity index (χ2v) is 10.8. The SMILES string of the molecule is COc1ccc(S(=O)(=O)N2CCCC(C(=O)Nc3ccc(S(N)(=O)=O)cc3)C2)cc1OC. The molecule has 0 spiro atoms. The number of nitrogens with two attached hydrogens (primary N) is 1. The highest BCUT2D eigenvalue weighted by Crippen LogP contribution is 2.32. The molecule has 2 aromatic rings. The van der Waals surface area contributed by atoms with E-state index in [0.29, 0.717) is 36.6 Å². The van der Waals surface area contributed by atoms with Crippen LogP contribution >= 0.6 is 0 Å². The Morgan fingerprint density at radius 1 is 1.00 bits per heavy atom. The van der Waals surface area contributed by atoms with Gasteiger partial charge < -0.3 is 14.8 Å². The standard InChI is InChI=1S/C20H25N3O7S2/c1-29-18-10-9-17(12-19(18)30-2)32(27,28)23-11-3-4-14(13-23)20(24)22-15-5-7-16(8-6-15)31(21,25)26/h5-10,12,14H,3-4,11,13H2,1-2H3,(H,22,24)(H2,21,25,26). The summed E-state index contributed by atoms with van der Waals surface area (Å²) in [5, 5.41) is 7.77. The predicted octanol–water partition coefficient (Wildman–Crippen LogP) is 1.39. The third-order valence-electron chi connectivity index (χ3n) is 5.20. The summed E-state index contributed by atoms with van der Waals surface area (Å²) in [7, 11) is -4.79. The minimum absolute atomic E-state index is 0.0256. The van der Waals surface area contributed by atoms with Crippen LogP contribution in [0.4, 0.5) is 5.69 Å². The third kappa shape index (κ3) is 5.21. The molecule has 0 radical (unpaired) electrons. The Bertz CT molecular complexity index is 1200. The fourth-order valence-electron chi connectivity index (χ4n) is 3.47. The molecular formula is C20H25N3O7S2. The van der Waals surface area contributed by atoms with E-state index in [9.17, 15) is 21.6 Å². The Morgan fingerprint density at radius 3 is 2.22 bits per heavy atom. The van der Waals surface area contributed by atoms with E-state index in [1.165, 1.54) is 61.0 Å². The van der Waals surface area contributed by atoms with Crippen LogP contribution in [0.15, 0.2) is 52.3 Å². The highest BCUT2D eigenvalue weighted by Gasteiger charge is 2.34. The lowest BCUT2D eigenvalue weighted by Crippen LogP contribution is -2.43. The molecule has 1 saturated heterocycles. The first-order valence-electron chi connectivity index (χ1n) is 9.72. The molecule has 1 unspecified atom stereocenters. The molecule has 1 aliphatic heterocycles. The van der Waals surface area contributed by atoms with Crippen LogP contribution in [0.2, 0.25) is 0 Å². The number of primary sulfonamides is 1. The molecule has 1 atom stereocenters. The van der Waals surface area contributed by atoms with E-state index in [1.54, 1.807) is 0 Å². The molecule has 1 aliphatic rings. The van der Waals surface area contributed by atoms with E-state index in [0.717, 1.165) is 0 Å². The molecule has 2 aromatic carbocycles. The molecule has 12 heteroatoms. The van der Waals surface area contributed by atoms with Gasteiger partial charge >= 0.3 is 0 Å². The second kappa shape index (κ2) is 9.45. The fraction of sp³-hybridized carbons (Fsp3) is 0.350. The summed E-state index contributed by atoms with van der Waals surface area (Å²) in [5.74, 6) is -0.198. The van der Waals surface area contributed by atoms with Crippen molar-refractivity contribution in [2.75, 3.05) is 32.6 Å². The lowest BCUT2D eigenvalue weighted by molar-refractivity contribution is -0.120. The number of rotatable bonds is 7. The molecular weight excluding hydrogens is 458 g/mol. The number of benzene rings is 2. The molecule has 32 heavy (non-hydrogen) atoms. The minimum atomic E-state index is -3.84. The summed E-state index contributed by atoms with van der Waals surface area (Å²) in [6.07, 6.45) is 1.05. The van der Waals surface area contributed by atoms with Gasteiger partial charge in [-0.3, -0.25) is 4.79 Å². The molecule has 0 bridgehead atoms. The number of hydrogen-bond donors (Lipinski definition) is 2. The average Bonchev–Trinajstić information content (AvgIpc) is 2.78. The van der Waals surface area contributed by atoms with E-state index in [2.05, 4.69) is 5.32 Å². The molecule has 3 N–H and O–H groups in total. The summed E-state index contributed by atoms with van der Waals surface area (Å²) in [4.78, 5) is 12.7. The molecule has 3 rings (SSSR count). The van der Waals surface area contributed by atoms with Gasteiger partial charge in [0, 0.05) is 24.8 Å². The van der Waals surface area contributed by atoms with E-state index in [1.807, 2.05) is 0 Å². The number of ether oxygens (including phenoxy) is 2. The van der Waals surface area contributed by atoms with Gasteiger partial charge in [0.05, 0.1) is 29.9 Å². The summed E-state index contributed by atoms with van der Waals surface area (Å²) >= 11 is 0. The molecule has 1 heterocycles. The van der Waals surface area contributed by atoms with Crippen molar-refractivity contribution in [2.24, 2.45) is 11.1 Å². The number of hydrogen-bond acceptors (Lipinski definition) is 7. The van der Waals surface area contributed by atoms with Crippen molar-refractivity contribution in [3.8, 4) is 11.5 Å². The van der Waals surface area contributed by atoms with E-state index in [4.69, 9.17) is 14.6 Å². The number of carbonyl (C=O) groups is 1. The van der Waals surface area contributed by atoms with Crippen molar-refractivity contribution in [3.05, 3.63) is 42.5 Å². The largest absolute Gasteiger partial charge is 0.493 e. The fourth-order valence-corrected chi connectivity index (χ4v) is 5.53. The van der Waals surface area contributed by atoms with Gasteiger partial charge in [-0.05, 0) is 49.2 Å². The number of amides is 1. The van der Waals surface area contributed by atoms with Crippen molar-refractivity contribution in [1.29, 1.82) is 0 Å². The Hall–Kier alpha value is -2.67. The van der Waals surface area contributed by atoms with Gasteiger partial charge in [-0.15, -0.1) is 0 Å². The molecule has 0 saturated carbocycles.